The number of fused-ring (bicyclic) bond motifs is 1. The lowest BCUT2D eigenvalue weighted by Crippen LogP contribution is -2.36. The van der Waals surface area contributed by atoms with Gasteiger partial charge in [-0.25, -0.2) is 9.48 Å². The highest BCUT2D eigenvalue weighted by Crippen LogP contribution is 2.15. The fraction of sp³-hybridized carbons (Fsp3) is 0.526. The molecule has 0 saturated carbocycles. The first kappa shape index (κ1) is 19.5. The van der Waals surface area contributed by atoms with Gasteiger partial charge in [0.15, 0.2) is 0 Å². The molecule has 0 N–H and O–H groups in total. The number of hydrogen-bond acceptors (Lipinski definition) is 4. The van der Waals surface area contributed by atoms with Gasteiger partial charge in [-0.1, -0.05) is 18.0 Å². The molecule has 0 aliphatic carbocycles. The number of rotatable bonds is 7. The minimum absolute atomic E-state index is 0.0205. The van der Waals surface area contributed by atoms with Crippen LogP contribution in [0.1, 0.15) is 31.5 Å². The summed E-state index contributed by atoms with van der Waals surface area (Å²) in [6.07, 6.45) is 4.63. The van der Waals surface area contributed by atoms with Crippen molar-refractivity contribution >= 4 is 17.5 Å². The summed E-state index contributed by atoms with van der Waals surface area (Å²) >= 11 is 5.84. The molecule has 1 aliphatic heterocycles. The minimum Gasteiger partial charge on any atom is -0.494 e. The molecule has 0 fully saturated rings. The van der Waals surface area contributed by atoms with E-state index in [4.69, 9.17) is 16.3 Å². The van der Waals surface area contributed by atoms with Crippen molar-refractivity contribution in [3.8, 4) is 5.75 Å². The van der Waals surface area contributed by atoms with Crippen LogP contribution in [0.4, 0.5) is 0 Å². The zero-order valence-electron chi connectivity index (χ0n) is 15.6. The highest BCUT2D eigenvalue weighted by Gasteiger charge is 2.18. The molecule has 2 heterocycles. The second-order valence-corrected chi connectivity index (χ2v) is 7.23. The van der Waals surface area contributed by atoms with Crippen molar-refractivity contribution in [3.05, 3.63) is 45.6 Å². The maximum atomic E-state index is 12.4. The molecule has 2 aromatic rings. The normalized spacial score (nSPS) is 13.7. The Morgan fingerprint density at radius 3 is 2.81 bits per heavy atom. The van der Waals surface area contributed by atoms with Gasteiger partial charge in [-0.15, -0.1) is 0 Å². The lowest BCUT2D eigenvalue weighted by molar-refractivity contribution is -0.130. The first-order chi connectivity index (χ1) is 13.0. The number of hydrogen-bond donors (Lipinski definition) is 0. The SMILES string of the molecule is CN(CCCOc1ccc(Cl)cc1)C(=O)Cn1nc2n(c1=O)CCCCC2. The number of nitrogens with zero attached hydrogens (tertiary/aromatic N) is 4. The molecule has 0 saturated heterocycles. The third-order valence-corrected chi connectivity index (χ3v) is 4.96. The highest BCUT2D eigenvalue weighted by molar-refractivity contribution is 6.30. The number of carbonyl (C=O) groups excluding carboxylic acids is 1. The summed E-state index contributed by atoms with van der Waals surface area (Å²) in [6, 6.07) is 7.17. The van der Waals surface area contributed by atoms with E-state index in [-0.39, 0.29) is 18.1 Å². The van der Waals surface area contributed by atoms with Crippen LogP contribution in [0.5, 0.6) is 5.75 Å². The van der Waals surface area contributed by atoms with Crippen molar-refractivity contribution in [2.45, 2.75) is 45.2 Å². The van der Waals surface area contributed by atoms with E-state index in [1.165, 1.54) is 4.68 Å². The number of amides is 1. The van der Waals surface area contributed by atoms with E-state index in [0.29, 0.717) is 31.1 Å². The first-order valence-corrected chi connectivity index (χ1v) is 9.71. The fourth-order valence-corrected chi connectivity index (χ4v) is 3.25. The van der Waals surface area contributed by atoms with Gasteiger partial charge in [0.05, 0.1) is 6.61 Å². The molecule has 1 amide bonds. The van der Waals surface area contributed by atoms with E-state index in [1.807, 2.05) is 12.1 Å². The zero-order valence-corrected chi connectivity index (χ0v) is 16.3. The van der Waals surface area contributed by atoms with Crippen LogP contribution >= 0.6 is 11.6 Å². The Morgan fingerprint density at radius 2 is 2.04 bits per heavy atom. The third kappa shape index (κ3) is 5.13. The highest BCUT2D eigenvalue weighted by atomic mass is 35.5. The summed E-state index contributed by atoms with van der Waals surface area (Å²) in [6.45, 7) is 1.72. The minimum atomic E-state index is -0.181. The van der Waals surface area contributed by atoms with Crippen LogP contribution < -0.4 is 10.4 Å². The van der Waals surface area contributed by atoms with Crippen molar-refractivity contribution in [2.24, 2.45) is 0 Å². The number of carbonyl (C=O) groups is 1. The Bertz CT molecular complexity index is 828. The van der Waals surface area contributed by atoms with Crippen LogP contribution in [-0.4, -0.2) is 45.4 Å². The fourth-order valence-electron chi connectivity index (χ4n) is 3.12. The smallest absolute Gasteiger partial charge is 0.346 e. The summed E-state index contributed by atoms with van der Waals surface area (Å²) < 4.78 is 8.63. The summed E-state index contributed by atoms with van der Waals surface area (Å²) in [4.78, 5) is 26.5. The maximum absolute atomic E-state index is 12.4. The molecule has 27 heavy (non-hydrogen) atoms. The second kappa shape index (κ2) is 9.08. The lowest BCUT2D eigenvalue weighted by atomic mass is 10.2. The van der Waals surface area contributed by atoms with Crippen LogP contribution in [0, 0.1) is 0 Å². The van der Waals surface area contributed by atoms with Crippen molar-refractivity contribution in [2.75, 3.05) is 20.2 Å². The Morgan fingerprint density at radius 1 is 1.26 bits per heavy atom. The Hall–Kier alpha value is -2.28. The van der Waals surface area contributed by atoms with Gasteiger partial charge in [0, 0.05) is 31.6 Å². The third-order valence-electron chi connectivity index (χ3n) is 4.71. The number of aromatic nitrogens is 3. The van der Waals surface area contributed by atoms with E-state index in [9.17, 15) is 9.59 Å². The van der Waals surface area contributed by atoms with E-state index >= 15 is 0 Å². The number of benzene rings is 1. The quantitative estimate of drug-likeness (QED) is 0.678. The Labute approximate surface area is 163 Å². The van der Waals surface area contributed by atoms with Crippen LogP contribution in [0.25, 0.3) is 0 Å². The van der Waals surface area contributed by atoms with Crippen LogP contribution in [0.3, 0.4) is 0 Å². The van der Waals surface area contributed by atoms with Crippen LogP contribution in [0.15, 0.2) is 29.1 Å². The van der Waals surface area contributed by atoms with Gasteiger partial charge >= 0.3 is 5.69 Å². The van der Waals surface area contributed by atoms with Gasteiger partial charge in [-0.2, -0.15) is 5.10 Å². The van der Waals surface area contributed by atoms with Crippen molar-refractivity contribution in [3.63, 3.8) is 0 Å². The Kier molecular flexibility index (Phi) is 6.55. The van der Waals surface area contributed by atoms with Crippen molar-refractivity contribution in [1.29, 1.82) is 0 Å². The molecule has 3 rings (SSSR count). The zero-order chi connectivity index (χ0) is 19.2. The number of halogens is 1. The molecule has 0 bridgehead atoms. The molecule has 1 aromatic carbocycles. The van der Waals surface area contributed by atoms with Crippen molar-refractivity contribution < 1.29 is 9.53 Å². The predicted octanol–water partition coefficient (Wildman–Crippen LogP) is 2.35. The molecule has 0 radical (unpaired) electrons. The summed E-state index contributed by atoms with van der Waals surface area (Å²) in [7, 11) is 1.73. The molecule has 1 aromatic heterocycles. The molecule has 0 unspecified atom stereocenters. The molecule has 0 atom stereocenters. The van der Waals surface area contributed by atoms with E-state index in [0.717, 1.165) is 37.3 Å². The topological polar surface area (TPSA) is 69.4 Å². The number of ether oxygens (including phenoxy) is 1. The molecule has 0 spiro atoms. The summed E-state index contributed by atoms with van der Waals surface area (Å²) in [5, 5.41) is 5.03. The average molecular weight is 393 g/mol. The van der Waals surface area contributed by atoms with Gasteiger partial charge in [-0.3, -0.25) is 9.36 Å². The molecular weight excluding hydrogens is 368 g/mol. The second-order valence-electron chi connectivity index (χ2n) is 6.79. The number of likely N-dealkylation sites (N-methyl/N-ethyl adjacent to an activating group) is 1. The molecule has 7 nitrogen and oxygen atoms in total. The summed E-state index contributed by atoms with van der Waals surface area (Å²) in [5.74, 6) is 1.42. The first-order valence-electron chi connectivity index (χ1n) is 9.33. The van der Waals surface area contributed by atoms with Crippen molar-refractivity contribution in [1.82, 2.24) is 19.2 Å². The average Bonchev–Trinajstić information content (AvgIpc) is 2.83. The van der Waals surface area contributed by atoms with E-state index in [2.05, 4.69) is 5.10 Å². The largest absolute Gasteiger partial charge is 0.494 e. The van der Waals surface area contributed by atoms with Gasteiger partial charge in [0.2, 0.25) is 5.91 Å². The van der Waals surface area contributed by atoms with Gasteiger partial charge < -0.3 is 9.64 Å². The predicted molar refractivity (Wildman–Crippen MR) is 103 cm³/mol. The van der Waals surface area contributed by atoms with Gasteiger partial charge in [-0.05, 0) is 43.5 Å². The maximum Gasteiger partial charge on any atom is 0.346 e. The molecule has 1 aliphatic rings. The van der Waals surface area contributed by atoms with E-state index in [1.54, 1.807) is 28.6 Å². The molecular formula is C19H25ClN4O3. The monoisotopic (exact) mass is 392 g/mol. The molecule has 146 valence electrons. The van der Waals surface area contributed by atoms with Crippen LogP contribution in [0.2, 0.25) is 5.02 Å². The standard InChI is InChI=1S/C19H25ClN4O3/c1-22(11-5-13-27-16-9-7-15(20)8-10-16)18(25)14-24-19(26)23-12-4-2-3-6-17(23)21-24/h7-10H,2-6,11-14H2,1H3. The van der Waals surface area contributed by atoms with Gasteiger partial charge in [0.1, 0.15) is 18.1 Å². The van der Waals surface area contributed by atoms with Crippen LogP contribution in [-0.2, 0) is 24.3 Å². The summed E-state index contributed by atoms with van der Waals surface area (Å²) in [5.41, 5.74) is -0.181. The molecule has 8 heteroatoms. The van der Waals surface area contributed by atoms with E-state index < -0.39 is 0 Å². The van der Waals surface area contributed by atoms with Gasteiger partial charge in [0.25, 0.3) is 0 Å². The number of aryl methyl sites for hydroxylation is 1. The Balaban J connectivity index is 1.46. The lowest BCUT2D eigenvalue weighted by Gasteiger charge is -2.17.